The number of aromatic nitrogens is 2. The summed E-state index contributed by atoms with van der Waals surface area (Å²) in [6.07, 6.45) is 3.20. The molecule has 1 aromatic heterocycles. The first-order valence-corrected chi connectivity index (χ1v) is 11.7. The number of amides is 1. The topological polar surface area (TPSA) is 114 Å². The lowest BCUT2D eigenvalue weighted by Gasteiger charge is -2.26. The first-order valence-electron chi connectivity index (χ1n) is 10.2. The summed E-state index contributed by atoms with van der Waals surface area (Å²) in [4.78, 5) is 17.1. The van der Waals surface area contributed by atoms with Crippen molar-refractivity contribution in [3.05, 3.63) is 71.1 Å². The van der Waals surface area contributed by atoms with Crippen LogP contribution >= 0.6 is 0 Å². The summed E-state index contributed by atoms with van der Waals surface area (Å²) in [6.45, 7) is 3.24. The quantitative estimate of drug-likeness (QED) is 0.580. The molecule has 4 rings (SSSR count). The number of carbonyl (C=O) groups is 1. The van der Waals surface area contributed by atoms with E-state index in [2.05, 4.69) is 20.2 Å². The zero-order chi connectivity index (χ0) is 22.9. The van der Waals surface area contributed by atoms with E-state index < -0.39 is 21.4 Å². The van der Waals surface area contributed by atoms with Crippen molar-refractivity contribution in [3.8, 4) is 0 Å². The smallest absolute Gasteiger partial charge is 0.261 e. The minimum absolute atomic E-state index is 0.189. The van der Waals surface area contributed by atoms with Gasteiger partial charge in [0.1, 0.15) is 11.4 Å². The lowest BCUT2D eigenvalue weighted by atomic mass is 9.96. The van der Waals surface area contributed by atoms with E-state index in [1.165, 1.54) is 24.3 Å². The summed E-state index contributed by atoms with van der Waals surface area (Å²) in [5.41, 5.74) is 0.0885. The fourth-order valence-corrected chi connectivity index (χ4v) is 4.91. The number of halogens is 1. The van der Waals surface area contributed by atoms with Gasteiger partial charge in [-0.15, -0.1) is 0 Å². The normalized spacial score (nSPS) is 15.5. The third kappa shape index (κ3) is 4.36. The highest BCUT2D eigenvalue weighted by atomic mass is 32.2. The van der Waals surface area contributed by atoms with Gasteiger partial charge in [-0.05, 0) is 55.7 Å². The Morgan fingerprint density at radius 3 is 2.53 bits per heavy atom. The van der Waals surface area contributed by atoms with Gasteiger partial charge < -0.3 is 9.84 Å². The highest BCUT2D eigenvalue weighted by Gasteiger charge is 2.41. The molecule has 0 aliphatic heterocycles. The largest absolute Gasteiger partial charge is 0.340 e. The molecule has 1 amide bonds. The van der Waals surface area contributed by atoms with E-state index in [1.54, 1.807) is 26.0 Å². The first kappa shape index (κ1) is 21.9. The number of hydrogen-bond acceptors (Lipinski definition) is 6. The van der Waals surface area contributed by atoms with Crippen molar-refractivity contribution in [2.45, 2.75) is 50.0 Å². The van der Waals surface area contributed by atoms with Crippen LogP contribution in [0.2, 0.25) is 0 Å². The number of benzene rings is 2. The Balaban J connectivity index is 1.56. The third-order valence-electron chi connectivity index (χ3n) is 5.60. The molecule has 1 saturated carbocycles. The van der Waals surface area contributed by atoms with E-state index in [1.807, 2.05) is 0 Å². The Kier molecular flexibility index (Phi) is 5.72. The Hall–Kier alpha value is -3.27. The van der Waals surface area contributed by atoms with Crippen LogP contribution in [0.15, 0.2) is 51.9 Å². The number of anilines is 1. The van der Waals surface area contributed by atoms with Gasteiger partial charge in [0, 0.05) is 18.2 Å². The Morgan fingerprint density at radius 2 is 1.88 bits per heavy atom. The summed E-state index contributed by atoms with van der Waals surface area (Å²) in [5.74, 6) is -0.125. The van der Waals surface area contributed by atoms with Gasteiger partial charge in [0.05, 0.1) is 4.90 Å². The minimum Gasteiger partial charge on any atom is -0.340 e. The van der Waals surface area contributed by atoms with Gasteiger partial charge in [0.2, 0.25) is 5.89 Å². The van der Waals surface area contributed by atoms with E-state index >= 15 is 0 Å². The molecular formula is C22H23FN4O4S. The summed E-state index contributed by atoms with van der Waals surface area (Å²) in [7, 11) is -4.02. The second kappa shape index (κ2) is 8.34. The number of rotatable bonds is 6. The maximum Gasteiger partial charge on any atom is 0.261 e. The fraction of sp³-hybridized carbons (Fsp3) is 0.318. The molecule has 1 fully saturated rings. The van der Waals surface area contributed by atoms with Gasteiger partial charge in [-0.2, -0.15) is 4.98 Å². The van der Waals surface area contributed by atoms with Crippen LogP contribution in [0, 0.1) is 19.7 Å². The SMILES string of the molecule is Cc1nc(C2(NC(=O)c3cccc(NS(=O)(=O)c4ccc(C)c(F)c4)c3)CCCC2)no1. The van der Waals surface area contributed by atoms with Crippen LogP contribution in [0.25, 0.3) is 0 Å². The van der Waals surface area contributed by atoms with Crippen molar-refractivity contribution in [2.24, 2.45) is 0 Å². The van der Waals surface area contributed by atoms with Crippen LogP contribution in [0.1, 0.15) is 53.3 Å². The maximum absolute atomic E-state index is 13.8. The second-order valence-corrected chi connectivity index (χ2v) is 9.66. The molecule has 0 atom stereocenters. The molecule has 10 heteroatoms. The molecule has 0 radical (unpaired) electrons. The lowest BCUT2D eigenvalue weighted by molar-refractivity contribution is 0.0892. The van der Waals surface area contributed by atoms with Crippen molar-refractivity contribution in [3.63, 3.8) is 0 Å². The average Bonchev–Trinajstić information content (AvgIpc) is 3.40. The van der Waals surface area contributed by atoms with Gasteiger partial charge in [0.25, 0.3) is 15.9 Å². The van der Waals surface area contributed by atoms with E-state index in [0.717, 1.165) is 18.9 Å². The van der Waals surface area contributed by atoms with Crippen molar-refractivity contribution < 1.29 is 22.1 Å². The van der Waals surface area contributed by atoms with Crippen molar-refractivity contribution in [2.75, 3.05) is 4.72 Å². The zero-order valence-electron chi connectivity index (χ0n) is 17.7. The van der Waals surface area contributed by atoms with Crippen LogP contribution in [0.4, 0.5) is 10.1 Å². The highest BCUT2D eigenvalue weighted by Crippen LogP contribution is 2.37. The second-order valence-electron chi connectivity index (χ2n) is 7.98. The predicted molar refractivity (Wildman–Crippen MR) is 115 cm³/mol. The van der Waals surface area contributed by atoms with Crippen molar-refractivity contribution in [1.29, 1.82) is 0 Å². The molecule has 168 valence electrons. The van der Waals surface area contributed by atoms with Crippen LogP contribution in [-0.2, 0) is 15.6 Å². The molecule has 2 N–H and O–H groups in total. The van der Waals surface area contributed by atoms with Crippen molar-refractivity contribution in [1.82, 2.24) is 15.5 Å². The lowest BCUT2D eigenvalue weighted by Crippen LogP contribution is -2.44. The van der Waals surface area contributed by atoms with Crippen molar-refractivity contribution >= 4 is 21.6 Å². The third-order valence-corrected chi connectivity index (χ3v) is 6.98. The highest BCUT2D eigenvalue weighted by molar-refractivity contribution is 7.92. The number of aryl methyl sites for hydroxylation is 2. The van der Waals surface area contributed by atoms with Gasteiger partial charge in [0.15, 0.2) is 5.82 Å². The number of sulfonamides is 1. The molecule has 0 unspecified atom stereocenters. The molecule has 8 nitrogen and oxygen atoms in total. The van der Waals surface area contributed by atoms with Gasteiger partial charge in [-0.25, -0.2) is 12.8 Å². The van der Waals surface area contributed by atoms with E-state index in [9.17, 15) is 17.6 Å². The standard InChI is InChI=1S/C22H23FN4O4S/c1-14-8-9-18(13-19(14)23)32(29,30)27-17-7-5-6-16(12-17)20(28)25-22(10-3-4-11-22)21-24-15(2)31-26-21/h5-9,12-13,27H,3-4,10-11H2,1-2H3,(H,25,28). The summed E-state index contributed by atoms with van der Waals surface area (Å²) >= 11 is 0. The van der Waals surface area contributed by atoms with E-state index in [0.29, 0.717) is 30.1 Å². The monoisotopic (exact) mass is 458 g/mol. The first-order chi connectivity index (χ1) is 15.2. The molecule has 1 aliphatic carbocycles. The van der Waals surface area contributed by atoms with E-state index in [-0.39, 0.29) is 22.1 Å². The zero-order valence-corrected chi connectivity index (χ0v) is 18.5. The molecule has 2 aromatic carbocycles. The average molecular weight is 459 g/mol. The van der Waals surface area contributed by atoms with E-state index in [4.69, 9.17) is 4.52 Å². The van der Waals surface area contributed by atoms with Crippen LogP contribution in [0.5, 0.6) is 0 Å². The molecule has 0 spiro atoms. The van der Waals surface area contributed by atoms with Gasteiger partial charge >= 0.3 is 0 Å². The van der Waals surface area contributed by atoms with Gasteiger partial charge in [-0.1, -0.05) is 30.1 Å². The Morgan fingerprint density at radius 1 is 1.12 bits per heavy atom. The number of nitrogens with one attached hydrogen (secondary N) is 2. The van der Waals surface area contributed by atoms with Crippen LogP contribution in [-0.4, -0.2) is 24.5 Å². The van der Waals surface area contributed by atoms with Gasteiger partial charge in [-0.3, -0.25) is 9.52 Å². The molecule has 1 aliphatic rings. The van der Waals surface area contributed by atoms with Crippen LogP contribution in [0.3, 0.4) is 0 Å². The van der Waals surface area contributed by atoms with Crippen LogP contribution < -0.4 is 10.0 Å². The molecular weight excluding hydrogens is 435 g/mol. The molecule has 0 bridgehead atoms. The fourth-order valence-electron chi connectivity index (χ4n) is 3.84. The molecule has 3 aromatic rings. The minimum atomic E-state index is -4.02. The number of carbonyl (C=O) groups excluding carboxylic acids is 1. The summed E-state index contributed by atoms with van der Waals surface area (Å²) in [6, 6.07) is 9.80. The summed E-state index contributed by atoms with van der Waals surface area (Å²) in [5, 5.41) is 7.03. The molecule has 0 saturated heterocycles. The maximum atomic E-state index is 13.8. The Bertz CT molecular complexity index is 1270. The number of nitrogens with zero attached hydrogens (tertiary/aromatic N) is 2. The number of hydrogen-bond donors (Lipinski definition) is 2. The summed E-state index contributed by atoms with van der Waals surface area (Å²) < 4.78 is 46.6. The predicted octanol–water partition coefficient (Wildman–Crippen LogP) is 3.83. The molecule has 32 heavy (non-hydrogen) atoms. The Labute approximate surface area is 185 Å². The molecule has 1 heterocycles.